The second-order valence-electron chi connectivity index (χ2n) is 8.06. The molecule has 3 aromatic rings. The van der Waals surface area contributed by atoms with Crippen molar-refractivity contribution in [1.29, 1.82) is 0 Å². The summed E-state index contributed by atoms with van der Waals surface area (Å²) >= 11 is 0. The highest BCUT2D eigenvalue weighted by Crippen LogP contribution is 2.24. The third-order valence-corrected chi connectivity index (χ3v) is 4.41. The van der Waals surface area contributed by atoms with Crippen molar-refractivity contribution in [3.63, 3.8) is 0 Å². The lowest BCUT2D eigenvalue weighted by Gasteiger charge is -2.16. The molecule has 0 aliphatic rings. The Morgan fingerprint density at radius 3 is 2.24 bits per heavy atom. The molecule has 1 N–H and O–H groups in total. The highest BCUT2D eigenvalue weighted by molar-refractivity contribution is 5.78. The van der Waals surface area contributed by atoms with Crippen molar-refractivity contribution >= 4 is 16.9 Å². The van der Waals surface area contributed by atoms with E-state index in [0.717, 1.165) is 23.4 Å². The van der Waals surface area contributed by atoms with Crippen molar-refractivity contribution in [1.82, 2.24) is 14.5 Å². The monoisotopic (exact) mass is 399 g/mol. The second kappa shape index (κ2) is 9.27. The average Bonchev–Trinajstić information content (AvgIpc) is 2.96. The first-order valence-electron chi connectivity index (χ1n) is 9.89. The molecule has 3 rings (SSSR count). The fourth-order valence-electron chi connectivity index (χ4n) is 2.91. The van der Waals surface area contributed by atoms with Crippen LogP contribution in [0.5, 0.6) is 0 Å². The molecule has 0 amide bonds. The molecule has 156 valence electrons. The lowest BCUT2D eigenvalue weighted by molar-refractivity contribution is -0.119. The number of aliphatic hydroxyl groups is 1. The van der Waals surface area contributed by atoms with Crippen LogP contribution in [0.2, 0.25) is 0 Å². The molecular weight excluding hydrogens is 369 g/mol. The van der Waals surface area contributed by atoms with Gasteiger partial charge >= 0.3 is 0 Å². The van der Waals surface area contributed by atoms with Gasteiger partial charge in [0.05, 0.1) is 5.69 Å². The standard InChI is InChI=1S/C16H16FN3O.C7H14O/c1-10-18-13-8-9-14(16(2,3)21)19-15(13)20(10)12-6-4-11(17)5-7-12;1-4-7(8)5-6(2)3/h4-9,21H,1-3H3;6H,4-5H2,1-3H3. The van der Waals surface area contributed by atoms with Crippen LogP contribution in [0.25, 0.3) is 16.9 Å². The zero-order valence-electron chi connectivity index (χ0n) is 18.0. The highest BCUT2D eigenvalue weighted by atomic mass is 19.1. The molecule has 0 fully saturated rings. The van der Waals surface area contributed by atoms with Crippen molar-refractivity contribution < 1.29 is 14.3 Å². The summed E-state index contributed by atoms with van der Waals surface area (Å²) < 4.78 is 14.9. The van der Waals surface area contributed by atoms with E-state index in [-0.39, 0.29) is 5.82 Å². The number of hydrogen-bond acceptors (Lipinski definition) is 4. The van der Waals surface area contributed by atoms with E-state index in [1.54, 1.807) is 32.0 Å². The van der Waals surface area contributed by atoms with E-state index in [1.165, 1.54) is 12.1 Å². The number of fused-ring (bicyclic) bond motifs is 1. The van der Waals surface area contributed by atoms with Gasteiger partial charge in [0.25, 0.3) is 0 Å². The molecule has 0 radical (unpaired) electrons. The number of aryl methyl sites for hydroxylation is 1. The van der Waals surface area contributed by atoms with Crippen LogP contribution in [0.1, 0.15) is 59.0 Å². The maximum Gasteiger partial charge on any atom is 0.165 e. The van der Waals surface area contributed by atoms with Crippen LogP contribution in [0.4, 0.5) is 4.39 Å². The van der Waals surface area contributed by atoms with E-state index in [2.05, 4.69) is 23.8 Å². The summed E-state index contributed by atoms with van der Waals surface area (Å²) in [6, 6.07) is 9.77. The van der Waals surface area contributed by atoms with Crippen LogP contribution in [0.3, 0.4) is 0 Å². The number of pyridine rings is 1. The number of halogens is 1. The Labute approximate surface area is 171 Å². The van der Waals surface area contributed by atoms with E-state index in [1.807, 2.05) is 24.5 Å². The number of nitrogens with zero attached hydrogens (tertiary/aromatic N) is 3. The lowest BCUT2D eigenvalue weighted by Crippen LogP contribution is -2.17. The fourth-order valence-corrected chi connectivity index (χ4v) is 2.91. The number of aromatic nitrogens is 3. The van der Waals surface area contributed by atoms with Crippen LogP contribution >= 0.6 is 0 Å². The number of hydrogen-bond donors (Lipinski definition) is 1. The Bertz CT molecular complexity index is 970. The van der Waals surface area contributed by atoms with E-state index in [0.29, 0.717) is 29.5 Å². The van der Waals surface area contributed by atoms with Crippen molar-refractivity contribution in [2.45, 2.75) is 60.0 Å². The van der Waals surface area contributed by atoms with Gasteiger partial charge in [0.1, 0.15) is 28.5 Å². The van der Waals surface area contributed by atoms with Gasteiger partial charge in [0.15, 0.2) is 5.65 Å². The fraction of sp³-hybridized carbons (Fsp3) is 0.435. The number of Topliss-reactive ketones (excluding diaryl/α,β-unsaturated/α-hetero) is 1. The van der Waals surface area contributed by atoms with Gasteiger partial charge in [-0.05, 0) is 63.1 Å². The summed E-state index contributed by atoms with van der Waals surface area (Å²) in [5.41, 5.74) is 1.72. The lowest BCUT2D eigenvalue weighted by atomic mass is 10.1. The summed E-state index contributed by atoms with van der Waals surface area (Å²) in [6.45, 7) is 11.3. The van der Waals surface area contributed by atoms with Crippen molar-refractivity contribution in [2.75, 3.05) is 0 Å². The van der Waals surface area contributed by atoms with E-state index < -0.39 is 5.60 Å². The summed E-state index contributed by atoms with van der Waals surface area (Å²) in [5, 5.41) is 10.1. The molecule has 2 heterocycles. The molecule has 0 saturated heterocycles. The predicted molar refractivity (Wildman–Crippen MR) is 114 cm³/mol. The van der Waals surface area contributed by atoms with E-state index >= 15 is 0 Å². The first-order valence-corrected chi connectivity index (χ1v) is 9.89. The highest BCUT2D eigenvalue weighted by Gasteiger charge is 2.20. The van der Waals surface area contributed by atoms with E-state index in [4.69, 9.17) is 0 Å². The molecule has 1 aromatic carbocycles. The van der Waals surface area contributed by atoms with Gasteiger partial charge in [-0.1, -0.05) is 20.8 Å². The van der Waals surface area contributed by atoms with Gasteiger partial charge in [0, 0.05) is 18.5 Å². The normalized spacial score (nSPS) is 11.5. The minimum absolute atomic E-state index is 0.286. The first-order chi connectivity index (χ1) is 13.5. The molecule has 0 atom stereocenters. The topological polar surface area (TPSA) is 68.0 Å². The van der Waals surface area contributed by atoms with Crippen molar-refractivity contribution in [2.24, 2.45) is 5.92 Å². The van der Waals surface area contributed by atoms with Gasteiger partial charge < -0.3 is 5.11 Å². The minimum Gasteiger partial charge on any atom is -0.384 e. The molecule has 0 unspecified atom stereocenters. The van der Waals surface area contributed by atoms with Gasteiger partial charge in [0.2, 0.25) is 0 Å². The smallest absolute Gasteiger partial charge is 0.165 e. The first kappa shape index (κ1) is 22.7. The minimum atomic E-state index is -1.03. The number of carbonyl (C=O) groups is 1. The Hall–Kier alpha value is -2.60. The number of rotatable bonds is 5. The van der Waals surface area contributed by atoms with Crippen molar-refractivity contribution in [3.8, 4) is 5.69 Å². The molecule has 29 heavy (non-hydrogen) atoms. The molecule has 0 aliphatic heterocycles. The summed E-state index contributed by atoms with van der Waals surface area (Å²) in [7, 11) is 0. The Balaban J connectivity index is 0.000000321. The predicted octanol–water partition coefficient (Wildman–Crippen LogP) is 5.11. The summed E-state index contributed by atoms with van der Waals surface area (Å²) in [4.78, 5) is 19.6. The Morgan fingerprint density at radius 1 is 1.14 bits per heavy atom. The summed E-state index contributed by atoms with van der Waals surface area (Å²) in [6.07, 6.45) is 1.44. The molecule has 0 aliphatic carbocycles. The van der Waals surface area contributed by atoms with Gasteiger partial charge in [-0.15, -0.1) is 0 Å². The zero-order valence-corrected chi connectivity index (χ0v) is 18.0. The number of imidazole rings is 1. The zero-order chi connectivity index (χ0) is 21.8. The van der Waals surface area contributed by atoms with Crippen LogP contribution in [-0.2, 0) is 10.4 Å². The number of ketones is 1. The van der Waals surface area contributed by atoms with Crippen LogP contribution in [-0.4, -0.2) is 25.4 Å². The van der Waals surface area contributed by atoms with Crippen molar-refractivity contribution in [3.05, 3.63) is 53.7 Å². The van der Waals surface area contributed by atoms with E-state index in [9.17, 15) is 14.3 Å². The van der Waals surface area contributed by atoms with Gasteiger partial charge in [-0.25, -0.2) is 14.4 Å². The SMILES string of the molecule is CCC(=O)CC(C)C.Cc1nc2ccc(C(C)(C)O)nc2n1-c1ccc(F)cc1. The van der Waals surface area contributed by atoms with Gasteiger partial charge in [-0.3, -0.25) is 9.36 Å². The van der Waals surface area contributed by atoms with Crippen LogP contribution in [0, 0.1) is 18.7 Å². The second-order valence-corrected chi connectivity index (χ2v) is 8.06. The number of benzene rings is 1. The van der Waals surface area contributed by atoms with Crippen LogP contribution < -0.4 is 0 Å². The largest absolute Gasteiger partial charge is 0.384 e. The maximum atomic E-state index is 13.1. The Kier molecular flexibility index (Phi) is 7.25. The Morgan fingerprint density at radius 2 is 1.76 bits per heavy atom. The maximum absolute atomic E-state index is 13.1. The third kappa shape index (κ3) is 5.94. The molecule has 5 nitrogen and oxygen atoms in total. The molecule has 0 saturated carbocycles. The molecular formula is C23H30FN3O2. The van der Waals surface area contributed by atoms with Crippen LogP contribution in [0.15, 0.2) is 36.4 Å². The number of carbonyl (C=O) groups excluding carboxylic acids is 1. The quantitative estimate of drug-likeness (QED) is 0.647. The summed E-state index contributed by atoms with van der Waals surface area (Å²) in [5.74, 6) is 1.38. The molecule has 0 bridgehead atoms. The average molecular weight is 400 g/mol. The molecule has 0 spiro atoms. The molecule has 6 heteroatoms. The third-order valence-electron chi connectivity index (χ3n) is 4.41. The van der Waals surface area contributed by atoms with Gasteiger partial charge in [-0.2, -0.15) is 0 Å². The molecule has 2 aromatic heterocycles.